The van der Waals surface area contributed by atoms with Crippen molar-refractivity contribution in [2.75, 3.05) is 23.4 Å². The highest BCUT2D eigenvalue weighted by Crippen LogP contribution is 2.39. The molecule has 3 amide bonds. The van der Waals surface area contributed by atoms with E-state index < -0.39 is 17.8 Å². The van der Waals surface area contributed by atoms with Gasteiger partial charge in [-0.15, -0.1) is 0 Å². The number of nitrogens with one attached hydrogen (secondary N) is 2. The highest BCUT2D eigenvalue weighted by molar-refractivity contribution is 5.95. The van der Waals surface area contributed by atoms with Crippen LogP contribution in [0.3, 0.4) is 0 Å². The Balaban J connectivity index is 1.15. The molecule has 0 bridgehead atoms. The Bertz CT molecular complexity index is 1070. The number of aromatic nitrogens is 1. The number of benzene rings is 1. The smallest absolute Gasteiger partial charge is 0.416 e. The van der Waals surface area contributed by atoms with E-state index in [4.69, 9.17) is 14.2 Å². The summed E-state index contributed by atoms with van der Waals surface area (Å²) in [6.45, 7) is 0.519. The van der Waals surface area contributed by atoms with Gasteiger partial charge in [-0.25, -0.2) is 14.6 Å². The quantitative estimate of drug-likeness (QED) is 0.732. The molecule has 0 unspecified atom stereocenters. The molecule has 2 aromatic rings. The average molecular weight is 452 g/mol. The Labute approximate surface area is 190 Å². The molecule has 1 aliphatic carbocycles. The molecule has 2 aliphatic heterocycles. The van der Waals surface area contributed by atoms with Gasteiger partial charge in [-0.05, 0) is 43.4 Å². The Morgan fingerprint density at radius 3 is 2.76 bits per heavy atom. The largest absolute Gasteiger partial charge is 0.480 e. The Kier molecular flexibility index (Phi) is 5.49. The van der Waals surface area contributed by atoms with Gasteiger partial charge >= 0.3 is 12.2 Å². The molecule has 2 fully saturated rings. The molecule has 1 spiro atoms. The van der Waals surface area contributed by atoms with Crippen molar-refractivity contribution in [3.63, 3.8) is 0 Å². The Morgan fingerprint density at radius 2 is 1.97 bits per heavy atom. The van der Waals surface area contributed by atoms with Crippen LogP contribution in [-0.4, -0.2) is 47.9 Å². The van der Waals surface area contributed by atoms with E-state index in [9.17, 15) is 14.4 Å². The van der Waals surface area contributed by atoms with Gasteiger partial charge < -0.3 is 24.8 Å². The number of hydrogen-bond acceptors (Lipinski definition) is 7. The topological polar surface area (TPSA) is 119 Å². The SMILES string of the molecule is O=C1COc2ccc(N3CC4(CCC(NC(=O)OCc5ccccc5)CC4)OC3=O)nc2N1. The maximum absolute atomic E-state index is 12.6. The van der Waals surface area contributed by atoms with Crippen molar-refractivity contribution in [3.8, 4) is 5.75 Å². The van der Waals surface area contributed by atoms with Crippen LogP contribution in [0.15, 0.2) is 42.5 Å². The Morgan fingerprint density at radius 1 is 1.18 bits per heavy atom. The lowest BCUT2D eigenvalue weighted by molar-refractivity contribution is -0.118. The van der Waals surface area contributed by atoms with Crippen LogP contribution in [0.5, 0.6) is 5.75 Å². The summed E-state index contributed by atoms with van der Waals surface area (Å²) in [7, 11) is 0. The summed E-state index contributed by atoms with van der Waals surface area (Å²) in [6.07, 6.45) is 1.64. The summed E-state index contributed by atoms with van der Waals surface area (Å²) < 4.78 is 16.4. The van der Waals surface area contributed by atoms with Crippen LogP contribution in [-0.2, 0) is 20.9 Å². The minimum absolute atomic E-state index is 0.0409. The molecule has 33 heavy (non-hydrogen) atoms. The standard InChI is InChI=1S/C23H24N4O6/c28-19-13-31-17-6-7-18(25-20(17)26-19)27-14-23(33-22(27)30)10-8-16(9-11-23)24-21(29)32-12-15-4-2-1-3-5-15/h1-7,16H,8-14H2,(H,24,29)(H,25,26,28). The third kappa shape index (κ3) is 4.55. The molecule has 0 atom stereocenters. The average Bonchev–Trinajstić information content (AvgIpc) is 3.15. The molecule has 5 rings (SSSR count). The number of ether oxygens (including phenoxy) is 3. The van der Waals surface area contributed by atoms with E-state index in [1.807, 2.05) is 30.3 Å². The van der Waals surface area contributed by atoms with Crippen LogP contribution in [0.25, 0.3) is 0 Å². The molecule has 1 aromatic carbocycles. The van der Waals surface area contributed by atoms with Gasteiger partial charge in [0.15, 0.2) is 18.2 Å². The van der Waals surface area contributed by atoms with Crippen LogP contribution in [0.4, 0.5) is 21.2 Å². The van der Waals surface area contributed by atoms with E-state index in [1.54, 1.807) is 12.1 Å². The van der Waals surface area contributed by atoms with Gasteiger partial charge in [0.1, 0.15) is 18.0 Å². The first-order chi connectivity index (χ1) is 16.0. The number of carbonyl (C=O) groups is 3. The highest BCUT2D eigenvalue weighted by Gasteiger charge is 2.48. The number of fused-ring (bicyclic) bond motifs is 1. The third-order valence-corrected chi connectivity index (χ3v) is 6.14. The van der Waals surface area contributed by atoms with Gasteiger partial charge in [0.25, 0.3) is 5.91 Å². The summed E-state index contributed by atoms with van der Waals surface area (Å²) in [5.41, 5.74) is 0.302. The molecule has 0 radical (unpaired) electrons. The molecule has 10 nitrogen and oxygen atoms in total. The summed E-state index contributed by atoms with van der Waals surface area (Å²) >= 11 is 0. The normalized spacial score (nSPS) is 23.9. The van der Waals surface area contributed by atoms with Gasteiger partial charge in [-0.3, -0.25) is 9.69 Å². The second-order valence-corrected chi connectivity index (χ2v) is 8.47. The van der Waals surface area contributed by atoms with Gasteiger partial charge in [0.05, 0.1) is 6.54 Å². The summed E-state index contributed by atoms with van der Waals surface area (Å²) in [5, 5.41) is 5.55. The van der Waals surface area contributed by atoms with Crippen molar-refractivity contribution in [2.45, 2.75) is 43.9 Å². The third-order valence-electron chi connectivity index (χ3n) is 6.14. The predicted molar refractivity (Wildman–Crippen MR) is 117 cm³/mol. The molecule has 10 heteroatoms. The Hall–Kier alpha value is -3.82. The van der Waals surface area contributed by atoms with Gasteiger partial charge in [-0.1, -0.05) is 30.3 Å². The maximum Gasteiger partial charge on any atom is 0.416 e. The fraction of sp³-hybridized carbons (Fsp3) is 0.391. The lowest BCUT2D eigenvalue weighted by Gasteiger charge is -2.35. The van der Waals surface area contributed by atoms with Crippen LogP contribution < -0.4 is 20.3 Å². The molecule has 3 heterocycles. The zero-order valence-electron chi connectivity index (χ0n) is 17.9. The number of anilines is 2. The predicted octanol–water partition coefficient (Wildman–Crippen LogP) is 2.98. The lowest BCUT2D eigenvalue weighted by Crippen LogP contribution is -2.45. The highest BCUT2D eigenvalue weighted by atomic mass is 16.6. The number of rotatable bonds is 4. The summed E-state index contributed by atoms with van der Waals surface area (Å²) in [4.78, 5) is 42.2. The van der Waals surface area contributed by atoms with Crippen molar-refractivity contribution >= 4 is 29.7 Å². The number of alkyl carbamates (subject to hydrolysis) is 1. The van der Waals surface area contributed by atoms with E-state index in [1.165, 1.54) is 4.90 Å². The molecular formula is C23H24N4O6. The van der Waals surface area contributed by atoms with Crippen LogP contribution in [0.2, 0.25) is 0 Å². The van der Waals surface area contributed by atoms with Crippen molar-refractivity contribution < 1.29 is 28.6 Å². The number of amides is 3. The van der Waals surface area contributed by atoms with Crippen LogP contribution >= 0.6 is 0 Å². The van der Waals surface area contributed by atoms with E-state index in [0.29, 0.717) is 49.6 Å². The van der Waals surface area contributed by atoms with E-state index >= 15 is 0 Å². The lowest BCUT2D eigenvalue weighted by atomic mass is 9.82. The number of nitrogens with zero attached hydrogens (tertiary/aromatic N) is 2. The minimum Gasteiger partial charge on any atom is -0.480 e. The fourth-order valence-corrected chi connectivity index (χ4v) is 4.38. The molecular weight excluding hydrogens is 428 g/mol. The number of carbonyl (C=O) groups excluding carboxylic acids is 3. The van der Waals surface area contributed by atoms with E-state index in [2.05, 4.69) is 15.6 Å². The van der Waals surface area contributed by atoms with Crippen molar-refractivity contribution in [2.24, 2.45) is 0 Å². The molecule has 1 saturated heterocycles. The zero-order chi connectivity index (χ0) is 22.8. The van der Waals surface area contributed by atoms with E-state index in [0.717, 1.165) is 5.56 Å². The maximum atomic E-state index is 12.6. The second kappa shape index (κ2) is 8.61. The molecule has 1 aromatic heterocycles. The summed E-state index contributed by atoms with van der Waals surface area (Å²) in [6, 6.07) is 12.8. The molecule has 3 aliphatic rings. The van der Waals surface area contributed by atoms with Crippen molar-refractivity contribution in [3.05, 3.63) is 48.0 Å². The first-order valence-corrected chi connectivity index (χ1v) is 10.9. The zero-order valence-corrected chi connectivity index (χ0v) is 17.9. The first kappa shape index (κ1) is 21.0. The monoisotopic (exact) mass is 452 g/mol. The minimum atomic E-state index is -0.624. The van der Waals surface area contributed by atoms with Gasteiger partial charge in [0.2, 0.25) is 0 Å². The van der Waals surface area contributed by atoms with Gasteiger partial charge in [0, 0.05) is 6.04 Å². The fourth-order valence-electron chi connectivity index (χ4n) is 4.38. The van der Waals surface area contributed by atoms with Crippen molar-refractivity contribution in [1.29, 1.82) is 0 Å². The molecule has 172 valence electrons. The second-order valence-electron chi connectivity index (χ2n) is 8.47. The molecule has 2 N–H and O–H groups in total. The summed E-state index contributed by atoms with van der Waals surface area (Å²) in [5.74, 6) is 0.859. The van der Waals surface area contributed by atoms with Crippen LogP contribution in [0.1, 0.15) is 31.2 Å². The van der Waals surface area contributed by atoms with Gasteiger partial charge in [-0.2, -0.15) is 0 Å². The van der Waals surface area contributed by atoms with Crippen LogP contribution in [0, 0.1) is 0 Å². The molecule has 1 saturated carbocycles. The first-order valence-electron chi connectivity index (χ1n) is 10.9. The van der Waals surface area contributed by atoms with E-state index in [-0.39, 0.29) is 25.2 Å². The number of hydrogen-bond donors (Lipinski definition) is 2. The van der Waals surface area contributed by atoms with Crippen molar-refractivity contribution in [1.82, 2.24) is 10.3 Å². The number of pyridine rings is 1.